The largest absolute Gasteiger partial charge is 0.325 e. The van der Waals surface area contributed by atoms with Crippen molar-refractivity contribution in [2.45, 2.75) is 18.7 Å². The first-order valence-electron chi connectivity index (χ1n) is 7.11. The molecular formula is C17H18N2OS. The molecule has 108 valence electrons. The number of nitrogens with zero attached hydrogens (tertiary/aromatic N) is 2. The molecule has 1 fully saturated rings. The van der Waals surface area contributed by atoms with E-state index in [0.29, 0.717) is 5.75 Å². The van der Waals surface area contributed by atoms with Gasteiger partial charge in [0.1, 0.15) is 5.37 Å². The fourth-order valence-electron chi connectivity index (χ4n) is 2.61. The zero-order valence-corrected chi connectivity index (χ0v) is 12.8. The number of carbonyl (C=O) groups is 1. The van der Waals surface area contributed by atoms with Gasteiger partial charge in [0.25, 0.3) is 0 Å². The van der Waals surface area contributed by atoms with Gasteiger partial charge in [0.15, 0.2) is 0 Å². The Labute approximate surface area is 129 Å². The van der Waals surface area contributed by atoms with Gasteiger partial charge in [0, 0.05) is 18.9 Å². The van der Waals surface area contributed by atoms with Crippen molar-refractivity contribution in [2.24, 2.45) is 0 Å². The van der Waals surface area contributed by atoms with Crippen molar-refractivity contribution in [3.63, 3.8) is 0 Å². The molecular weight excluding hydrogens is 280 g/mol. The van der Waals surface area contributed by atoms with Gasteiger partial charge in [-0.3, -0.25) is 9.78 Å². The highest BCUT2D eigenvalue weighted by molar-refractivity contribution is 8.00. The molecule has 2 heterocycles. The van der Waals surface area contributed by atoms with Gasteiger partial charge < -0.3 is 4.90 Å². The van der Waals surface area contributed by atoms with Crippen molar-refractivity contribution < 1.29 is 4.79 Å². The van der Waals surface area contributed by atoms with Crippen LogP contribution in [0.1, 0.15) is 22.1 Å². The summed E-state index contributed by atoms with van der Waals surface area (Å²) in [5, 5.41) is 0.148. The van der Waals surface area contributed by atoms with Gasteiger partial charge in [-0.2, -0.15) is 0 Å². The average Bonchev–Trinajstić information content (AvgIpc) is 2.88. The molecule has 0 bridgehead atoms. The monoisotopic (exact) mass is 298 g/mol. The third-order valence-corrected chi connectivity index (χ3v) is 5.02. The zero-order valence-electron chi connectivity index (χ0n) is 12.0. The van der Waals surface area contributed by atoms with E-state index in [1.807, 2.05) is 29.3 Å². The van der Waals surface area contributed by atoms with E-state index in [2.05, 4.69) is 30.1 Å². The lowest BCUT2D eigenvalue weighted by Gasteiger charge is -2.25. The molecule has 21 heavy (non-hydrogen) atoms. The van der Waals surface area contributed by atoms with Gasteiger partial charge in [-0.15, -0.1) is 11.8 Å². The third-order valence-electron chi connectivity index (χ3n) is 3.79. The molecule has 4 heteroatoms. The van der Waals surface area contributed by atoms with Crippen LogP contribution in [0.25, 0.3) is 0 Å². The van der Waals surface area contributed by atoms with Crippen LogP contribution >= 0.6 is 11.8 Å². The van der Waals surface area contributed by atoms with Crippen LogP contribution in [0.2, 0.25) is 0 Å². The number of thioether (sulfide) groups is 1. The number of aryl methyl sites for hydroxylation is 1. The lowest BCUT2D eigenvalue weighted by Crippen LogP contribution is -2.30. The fraction of sp³-hybridized carbons (Fsp3) is 0.294. The van der Waals surface area contributed by atoms with E-state index < -0.39 is 0 Å². The van der Waals surface area contributed by atoms with E-state index in [-0.39, 0.29) is 11.3 Å². The van der Waals surface area contributed by atoms with E-state index in [1.165, 1.54) is 16.7 Å². The molecule has 1 aliphatic rings. The van der Waals surface area contributed by atoms with Crippen molar-refractivity contribution in [3.05, 3.63) is 65.5 Å². The molecule has 1 amide bonds. The lowest BCUT2D eigenvalue weighted by molar-refractivity contribution is -0.128. The van der Waals surface area contributed by atoms with Gasteiger partial charge in [0.05, 0.1) is 5.75 Å². The van der Waals surface area contributed by atoms with Gasteiger partial charge in [0.2, 0.25) is 5.91 Å². The van der Waals surface area contributed by atoms with Crippen LogP contribution in [0, 0.1) is 6.92 Å². The summed E-state index contributed by atoms with van der Waals surface area (Å²) in [6.45, 7) is 2.86. The molecule has 1 atom stereocenters. The van der Waals surface area contributed by atoms with E-state index in [9.17, 15) is 4.79 Å². The van der Waals surface area contributed by atoms with E-state index in [4.69, 9.17) is 0 Å². The Hall–Kier alpha value is -1.81. The number of aromatic nitrogens is 1. The summed E-state index contributed by atoms with van der Waals surface area (Å²) in [5.41, 5.74) is 3.67. The van der Waals surface area contributed by atoms with Crippen LogP contribution in [0.3, 0.4) is 0 Å². The maximum atomic E-state index is 12.2. The highest BCUT2D eigenvalue weighted by Crippen LogP contribution is 2.39. The summed E-state index contributed by atoms with van der Waals surface area (Å²) in [4.78, 5) is 18.3. The Morgan fingerprint density at radius 3 is 2.90 bits per heavy atom. The second-order valence-electron chi connectivity index (χ2n) is 5.22. The number of hydrogen-bond donors (Lipinski definition) is 0. The first kappa shape index (κ1) is 14.1. The molecule has 0 N–H and O–H groups in total. The molecule has 1 saturated heterocycles. The predicted octanol–water partition coefficient (Wildman–Crippen LogP) is 3.21. The minimum atomic E-state index is 0.148. The summed E-state index contributed by atoms with van der Waals surface area (Å²) in [7, 11) is 0. The normalized spacial score (nSPS) is 18.2. The van der Waals surface area contributed by atoms with E-state index in [1.54, 1.807) is 18.0 Å². The Kier molecular flexibility index (Phi) is 4.25. The number of amides is 1. The topological polar surface area (TPSA) is 33.2 Å². The number of carbonyl (C=O) groups excluding carboxylic acids is 1. The van der Waals surface area contributed by atoms with Gasteiger partial charge >= 0.3 is 0 Å². The lowest BCUT2D eigenvalue weighted by atomic mass is 10.1. The number of rotatable bonds is 4. The van der Waals surface area contributed by atoms with E-state index in [0.717, 1.165) is 13.0 Å². The van der Waals surface area contributed by atoms with Crippen LogP contribution < -0.4 is 0 Å². The van der Waals surface area contributed by atoms with Crippen molar-refractivity contribution in [3.8, 4) is 0 Å². The number of pyridine rings is 1. The van der Waals surface area contributed by atoms with Gasteiger partial charge in [-0.1, -0.05) is 30.3 Å². The molecule has 2 aromatic rings. The maximum absolute atomic E-state index is 12.2. The Balaban J connectivity index is 1.76. The molecule has 0 spiro atoms. The molecule has 0 saturated carbocycles. The number of hydrogen-bond acceptors (Lipinski definition) is 3. The maximum Gasteiger partial charge on any atom is 0.233 e. The van der Waals surface area contributed by atoms with Crippen molar-refractivity contribution in [2.75, 3.05) is 12.3 Å². The van der Waals surface area contributed by atoms with Crippen molar-refractivity contribution in [1.82, 2.24) is 9.88 Å². The summed E-state index contributed by atoms with van der Waals surface area (Å²) in [6.07, 6.45) is 4.50. The quantitative estimate of drug-likeness (QED) is 0.869. The SMILES string of the molecule is Cc1ccccc1C1SCC(=O)N1CCc1cccnc1. The first-order chi connectivity index (χ1) is 10.3. The average molecular weight is 298 g/mol. The van der Waals surface area contributed by atoms with Crippen LogP contribution in [-0.4, -0.2) is 28.1 Å². The minimum absolute atomic E-state index is 0.148. The molecule has 1 aromatic carbocycles. The Morgan fingerprint density at radius 2 is 2.14 bits per heavy atom. The van der Waals surface area contributed by atoms with Crippen molar-refractivity contribution in [1.29, 1.82) is 0 Å². The standard InChI is InChI=1S/C17H18N2OS/c1-13-5-2-3-7-15(13)17-19(16(20)12-21-17)10-8-14-6-4-9-18-11-14/h2-7,9,11,17H,8,10,12H2,1H3. The summed E-state index contributed by atoms with van der Waals surface area (Å²) < 4.78 is 0. The van der Waals surface area contributed by atoms with Gasteiger partial charge in [-0.25, -0.2) is 0 Å². The number of benzene rings is 1. The molecule has 1 aliphatic heterocycles. The Morgan fingerprint density at radius 1 is 1.29 bits per heavy atom. The third kappa shape index (κ3) is 3.10. The Bertz CT molecular complexity index is 630. The molecule has 1 unspecified atom stereocenters. The van der Waals surface area contributed by atoms with Gasteiger partial charge in [-0.05, 0) is 36.1 Å². The minimum Gasteiger partial charge on any atom is -0.325 e. The molecule has 0 aliphatic carbocycles. The van der Waals surface area contributed by atoms with Crippen LogP contribution in [-0.2, 0) is 11.2 Å². The zero-order chi connectivity index (χ0) is 14.7. The predicted molar refractivity (Wildman–Crippen MR) is 86.0 cm³/mol. The summed E-state index contributed by atoms with van der Waals surface area (Å²) in [5.74, 6) is 0.809. The second-order valence-corrected chi connectivity index (χ2v) is 6.29. The summed E-state index contributed by atoms with van der Waals surface area (Å²) in [6, 6.07) is 12.3. The van der Waals surface area contributed by atoms with Crippen molar-refractivity contribution >= 4 is 17.7 Å². The molecule has 3 nitrogen and oxygen atoms in total. The van der Waals surface area contributed by atoms with Crippen LogP contribution in [0.4, 0.5) is 0 Å². The van der Waals surface area contributed by atoms with Crippen LogP contribution in [0.5, 0.6) is 0 Å². The molecule has 1 aromatic heterocycles. The highest BCUT2D eigenvalue weighted by atomic mass is 32.2. The second kappa shape index (κ2) is 6.31. The molecule has 0 radical (unpaired) electrons. The molecule has 3 rings (SSSR count). The van der Waals surface area contributed by atoms with E-state index >= 15 is 0 Å². The van der Waals surface area contributed by atoms with Crippen LogP contribution in [0.15, 0.2) is 48.8 Å². The first-order valence-corrected chi connectivity index (χ1v) is 8.16. The smallest absolute Gasteiger partial charge is 0.233 e. The fourth-order valence-corrected chi connectivity index (χ4v) is 3.93. The summed E-state index contributed by atoms with van der Waals surface area (Å²) >= 11 is 1.72. The highest BCUT2D eigenvalue weighted by Gasteiger charge is 2.32.